The number of rotatable bonds is 11. The van der Waals surface area contributed by atoms with E-state index in [2.05, 4.69) is 21.2 Å². The van der Waals surface area contributed by atoms with E-state index in [4.69, 9.17) is 42.1 Å². The first-order valence-electron chi connectivity index (χ1n) is 13.0. The second kappa shape index (κ2) is 14.0. The van der Waals surface area contributed by atoms with Crippen molar-refractivity contribution in [1.29, 1.82) is 0 Å². The van der Waals surface area contributed by atoms with Gasteiger partial charge in [0, 0.05) is 21.7 Å². The van der Waals surface area contributed by atoms with Gasteiger partial charge in [-0.05, 0) is 84.7 Å². The summed E-state index contributed by atoms with van der Waals surface area (Å²) < 4.78 is 23.5. The van der Waals surface area contributed by atoms with E-state index < -0.39 is 17.8 Å². The Labute approximate surface area is 261 Å². The van der Waals surface area contributed by atoms with Crippen molar-refractivity contribution >= 4 is 68.7 Å². The normalized spacial score (nSPS) is 14.2. The van der Waals surface area contributed by atoms with Crippen molar-refractivity contribution in [3.63, 3.8) is 0 Å². The zero-order valence-electron chi connectivity index (χ0n) is 23.0. The molecule has 0 spiro atoms. The summed E-state index contributed by atoms with van der Waals surface area (Å²) in [6.45, 7) is 6.52. The van der Waals surface area contributed by atoms with Crippen molar-refractivity contribution in [2.75, 3.05) is 24.7 Å². The minimum Gasteiger partial charge on any atom is -0.494 e. The molecule has 1 N–H and O–H groups in total. The first-order valence-corrected chi connectivity index (χ1v) is 14.6. The van der Waals surface area contributed by atoms with Crippen molar-refractivity contribution in [2.24, 2.45) is 0 Å². The molecule has 12 heteroatoms. The number of urea groups is 1. The molecule has 1 fully saturated rings. The average Bonchev–Trinajstić information content (AvgIpc) is 2.93. The third kappa shape index (κ3) is 7.00. The van der Waals surface area contributed by atoms with E-state index in [0.717, 1.165) is 10.5 Å². The molecule has 4 rings (SSSR count). The summed E-state index contributed by atoms with van der Waals surface area (Å²) in [6.07, 6.45) is 1.37. The van der Waals surface area contributed by atoms with Gasteiger partial charge in [-0.15, -0.1) is 0 Å². The van der Waals surface area contributed by atoms with Crippen LogP contribution in [0, 0.1) is 0 Å². The third-order valence-electron chi connectivity index (χ3n) is 5.91. The standard InChI is InChI=1S/C30H27BrCl2N2O7/c1-4-39-20-9-10-25(40-5-2)24(15-20)35-29(37)21(28(36)34-30(35)38)11-17-12-22(31)27(26(13-17)41-6-3)42-16-18-7-8-19(32)14-23(18)33/h7-15H,4-6,16H2,1-3H3,(H,34,36,38)/b21-11+. The van der Waals surface area contributed by atoms with Crippen LogP contribution < -0.4 is 29.2 Å². The molecule has 0 saturated carbocycles. The highest BCUT2D eigenvalue weighted by Gasteiger charge is 2.38. The van der Waals surface area contributed by atoms with Crippen LogP contribution in [0.5, 0.6) is 23.0 Å². The van der Waals surface area contributed by atoms with Crippen LogP contribution in [-0.4, -0.2) is 37.7 Å². The summed E-state index contributed by atoms with van der Waals surface area (Å²) in [5, 5.41) is 3.20. The van der Waals surface area contributed by atoms with Crippen LogP contribution in [0.4, 0.5) is 10.5 Å². The summed E-state index contributed by atoms with van der Waals surface area (Å²) in [4.78, 5) is 40.3. The number of carbonyl (C=O) groups is 3. The first-order chi connectivity index (χ1) is 20.2. The van der Waals surface area contributed by atoms with Gasteiger partial charge in [-0.1, -0.05) is 29.3 Å². The van der Waals surface area contributed by atoms with Gasteiger partial charge in [-0.3, -0.25) is 14.9 Å². The molecular weight excluding hydrogens is 651 g/mol. The molecule has 0 bridgehead atoms. The average molecular weight is 678 g/mol. The molecule has 0 aromatic heterocycles. The van der Waals surface area contributed by atoms with Crippen molar-refractivity contribution in [1.82, 2.24) is 5.32 Å². The minimum absolute atomic E-state index is 0.135. The predicted molar refractivity (Wildman–Crippen MR) is 164 cm³/mol. The maximum atomic E-state index is 13.6. The lowest BCUT2D eigenvalue weighted by molar-refractivity contribution is -0.122. The van der Waals surface area contributed by atoms with Gasteiger partial charge in [0.2, 0.25) is 0 Å². The monoisotopic (exact) mass is 676 g/mol. The van der Waals surface area contributed by atoms with Crippen molar-refractivity contribution in [3.05, 3.63) is 79.7 Å². The predicted octanol–water partition coefficient (Wildman–Crippen LogP) is 7.20. The summed E-state index contributed by atoms with van der Waals surface area (Å²) in [5.41, 5.74) is 1.04. The molecule has 3 aromatic carbocycles. The van der Waals surface area contributed by atoms with Crippen LogP contribution in [0.1, 0.15) is 31.9 Å². The molecule has 1 aliphatic rings. The molecule has 220 valence electrons. The largest absolute Gasteiger partial charge is 0.494 e. The van der Waals surface area contributed by atoms with Gasteiger partial charge in [-0.25, -0.2) is 9.69 Å². The molecule has 1 aliphatic heterocycles. The Bertz CT molecular complexity index is 1560. The van der Waals surface area contributed by atoms with E-state index in [9.17, 15) is 14.4 Å². The fraction of sp³-hybridized carbons (Fsp3) is 0.233. The summed E-state index contributed by atoms with van der Waals surface area (Å²) in [7, 11) is 0. The topological polar surface area (TPSA) is 103 Å². The molecule has 4 amide bonds. The van der Waals surface area contributed by atoms with Crippen LogP contribution in [0.2, 0.25) is 10.0 Å². The molecule has 3 aromatic rings. The Balaban J connectivity index is 1.70. The number of benzene rings is 3. The highest BCUT2D eigenvalue weighted by Crippen LogP contribution is 2.39. The Morgan fingerprint density at radius 1 is 0.857 bits per heavy atom. The highest BCUT2D eigenvalue weighted by molar-refractivity contribution is 9.10. The lowest BCUT2D eigenvalue weighted by Gasteiger charge is -2.28. The SMILES string of the molecule is CCOc1ccc(OCC)c(N2C(=O)NC(=O)/C(=C\c3cc(Br)c(OCc4ccc(Cl)cc4Cl)c(OCC)c3)C2=O)c1. The second-order valence-corrected chi connectivity index (χ2v) is 10.4. The molecule has 9 nitrogen and oxygen atoms in total. The van der Waals surface area contributed by atoms with E-state index in [1.54, 1.807) is 49.4 Å². The molecule has 0 aliphatic carbocycles. The summed E-state index contributed by atoms with van der Waals surface area (Å²) >= 11 is 15.8. The van der Waals surface area contributed by atoms with Crippen LogP contribution in [-0.2, 0) is 16.2 Å². The van der Waals surface area contributed by atoms with Gasteiger partial charge in [0.05, 0.1) is 30.0 Å². The fourth-order valence-electron chi connectivity index (χ4n) is 4.11. The Kier molecular flexibility index (Phi) is 10.4. The summed E-state index contributed by atoms with van der Waals surface area (Å²) in [5.74, 6) is -0.197. The zero-order chi connectivity index (χ0) is 30.4. The number of anilines is 1. The van der Waals surface area contributed by atoms with Crippen molar-refractivity contribution in [2.45, 2.75) is 27.4 Å². The molecular formula is C30H27BrCl2N2O7. The van der Waals surface area contributed by atoms with E-state index in [-0.39, 0.29) is 23.6 Å². The number of halogens is 3. The number of nitrogens with one attached hydrogen (secondary N) is 1. The fourth-order valence-corrected chi connectivity index (χ4v) is 5.15. The van der Waals surface area contributed by atoms with Crippen molar-refractivity contribution in [3.8, 4) is 23.0 Å². The van der Waals surface area contributed by atoms with Gasteiger partial charge in [0.1, 0.15) is 23.7 Å². The third-order valence-corrected chi connectivity index (χ3v) is 7.09. The van der Waals surface area contributed by atoms with Crippen LogP contribution in [0.25, 0.3) is 6.08 Å². The quantitative estimate of drug-likeness (QED) is 0.169. The van der Waals surface area contributed by atoms with Crippen LogP contribution >= 0.6 is 39.1 Å². The summed E-state index contributed by atoms with van der Waals surface area (Å²) in [6, 6.07) is 12.3. The number of amides is 4. The number of nitrogens with zero attached hydrogens (tertiary/aromatic N) is 1. The second-order valence-electron chi connectivity index (χ2n) is 8.74. The molecule has 42 heavy (non-hydrogen) atoms. The van der Waals surface area contributed by atoms with Crippen molar-refractivity contribution < 1.29 is 33.3 Å². The molecule has 1 heterocycles. The minimum atomic E-state index is -0.905. The van der Waals surface area contributed by atoms with Crippen LogP contribution in [0.15, 0.2) is 58.6 Å². The molecule has 0 unspecified atom stereocenters. The van der Waals surface area contributed by atoms with Gasteiger partial charge in [0.15, 0.2) is 11.5 Å². The van der Waals surface area contributed by atoms with Crippen LogP contribution in [0.3, 0.4) is 0 Å². The number of barbiturate groups is 1. The van der Waals surface area contributed by atoms with E-state index in [1.807, 2.05) is 13.8 Å². The lowest BCUT2D eigenvalue weighted by Crippen LogP contribution is -2.54. The van der Waals surface area contributed by atoms with Gasteiger partial charge < -0.3 is 18.9 Å². The van der Waals surface area contributed by atoms with E-state index in [1.165, 1.54) is 12.1 Å². The Morgan fingerprint density at radius 3 is 2.26 bits per heavy atom. The molecule has 1 saturated heterocycles. The number of carbonyl (C=O) groups excluding carboxylic acids is 3. The maximum absolute atomic E-state index is 13.6. The Hall–Kier alpha value is -3.73. The zero-order valence-corrected chi connectivity index (χ0v) is 26.1. The van der Waals surface area contributed by atoms with Gasteiger partial charge >= 0.3 is 6.03 Å². The number of hydrogen-bond donors (Lipinski definition) is 1. The van der Waals surface area contributed by atoms with Gasteiger partial charge in [0.25, 0.3) is 11.8 Å². The number of imide groups is 2. The van der Waals surface area contributed by atoms with E-state index in [0.29, 0.717) is 57.2 Å². The maximum Gasteiger partial charge on any atom is 0.336 e. The number of hydrogen-bond acceptors (Lipinski definition) is 7. The molecule has 0 atom stereocenters. The Morgan fingerprint density at radius 2 is 1.57 bits per heavy atom. The highest BCUT2D eigenvalue weighted by atomic mass is 79.9. The first kappa shape index (κ1) is 31.2. The van der Waals surface area contributed by atoms with E-state index >= 15 is 0 Å². The smallest absolute Gasteiger partial charge is 0.336 e. The molecule has 0 radical (unpaired) electrons. The lowest BCUT2D eigenvalue weighted by atomic mass is 10.1. The van der Waals surface area contributed by atoms with Gasteiger partial charge in [-0.2, -0.15) is 0 Å². The number of ether oxygens (including phenoxy) is 4.